The molecule has 3 heterocycles. The van der Waals surface area contributed by atoms with Gasteiger partial charge in [0, 0.05) is 33.1 Å². The summed E-state index contributed by atoms with van der Waals surface area (Å²) in [6.45, 7) is 2.50. The van der Waals surface area contributed by atoms with E-state index < -0.39 is 18.0 Å². The third-order valence-corrected chi connectivity index (χ3v) is 3.85. The van der Waals surface area contributed by atoms with Gasteiger partial charge in [0.25, 0.3) is 5.95 Å². The molecule has 2 aliphatic heterocycles. The van der Waals surface area contributed by atoms with Crippen LogP contribution in [-0.4, -0.2) is 88.3 Å². The summed E-state index contributed by atoms with van der Waals surface area (Å²) in [4.78, 5) is 43.5. The molecule has 24 heavy (non-hydrogen) atoms. The summed E-state index contributed by atoms with van der Waals surface area (Å²) in [6, 6.07) is -0.576. The smallest absolute Gasteiger partial charge is 0.325 e. The second-order valence-corrected chi connectivity index (χ2v) is 5.76. The van der Waals surface area contributed by atoms with Crippen LogP contribution in [0.3, 0.4) is 0 Å². The van der Waals surface area contributed by atoms with Crippen molar-refractivity contribution in [3.05, 3.63) is 5.89 Å². The second-order valence-electron chi connectivity index (χ2n) is 5.76. The molecule has 0 unspecified atom stereocenters. The number of urea groups is 1. The van der Waals surface area contributed by atoms with Crippen LogP contribution >= 0.6 is 0 Å². The molecule has 11 heteroatoms. The lowest BCUT2D eigenvalue weighted by atomic mass is 10.3. The van der Waals surface area contributed by atoms with Crippen molar-refractivity contribution >= 4 is 23.8 Å². The summed E-state index contributed by atoms with van der Waals surface area (Å²) in [6.07, 6.45) is -0.788. The van der Waals surface area contributed by atoms with Crippen LogP contribution in [-0.2, 0) is 9.59 Å². The lowest BCUT2D eigenvalue weighted by Crippen LogP contribution is -2.44. The summed E-state index contributed by atoms with van der Waals surface area (Å²) in [5, 5.41) is 16.1. The maximum absolute atomic E-state index is 12.4. The van der Waals surface area contributed by atoms with Gasteiger partial charge in [0.15, 0.2) is 0 Å². The molecule has 2 saturated heterocycles. The van der Waals surface area contributed by atoms with Crippen LogP contribution in [0.4, 0.5) is 10.7 Å². The van der Waals surface area contributed by atoms with E-state index in [9.17, 15) is 19.5 Å². The standard InChI is InChI=1S/C13H18N6O5/c1-8-14-12(16-24-8)18-3-2-17(4-9(20)5-18)11(22)7-19-6-10(21)15-13(19)23/h9,20H,2-7H2,1H3,(H,15,21,23)/t9-/m0/s1. The van der Waals surface area contributed by atoms with Gasteiger partial charge in [0.05, 0.1) is 6.10 Å². The minimum absolute atomic E-state index is 0.130. The summed E-state index contributed by atoms with van der Waals surface area (Å²) in [7, 11) is 0. The third-order valence-electron chi connectivity index (χ3n) is 3.85. The van der Waals surface area contributed by atoms with E-state index in [1.54, 1.807) is 11.8 Å². The molecule has 1 aromatic heterocycles. The number of aliphatic hydroxyl groups is 1. The fourth-order valence-corrected chi connectivity index (χ4v) is 2.69. The van der Waals surface area contributed by atoms with Crippen molar-refractivity contribution in [2.75, 3.05) is 44.2 Å². The minimum Gasteiger partial charge on any atom is -0.389 e. The molecule has 130 valence electrons. The number of nitrogens with one attached hydrogen (secondary N) is 1. The largest absolute Gasteiger partial charge is 0.389 e. The van der Waals surface area contributed by atoms with Crippen LogP contribution in [0.1, 0.15) is 5.89 Å². The fourth-order valence-electron chi connectivity index (χ4n) is 2.69. The number of imide groups is 1. The Kier molecular flexibility index (Phi) is 4.34. The van der Waals surface area contributed by atoms with Crippen molar-refractivity contribution in [1.82, 2.24) is 25.3 Å². The Labute approximate surface area is 137 Å². The zero-order valence-corrected chi connectivity index (χ0v) is 13.1. The summed E-state index contributed by atoms with van der Waals surface area (Å²) in [5.74, 6) is 0.0270. The summed E-state index contributed by atoms with van der Waals surface area (Å²) in [5.41, 5.74) is 0. The van der Waals surface area contributed by atoms with Crippen molar-refractivity contribution in [1.29, 1.82) is 0 Å². The molecule has 0 aromatic carbocycles. The average Bonchev–Trinajstić information content (AvgIpc) is 3.00. The first kappa shape index (κ1) is 16.2. The normalized spacial score (nSPS) is 21.9. The number of carbonyl (C=O) groups is 3. The van der Waals surface area contributed by atoms with Crippen LogP contribution < -0.4 is 10.2 Å². The average molecular weight is 338 g/mol. The first-order valence-electron chi connectivity index (χ1n) is 7.52. The number of aromatic nitrogens is 2. The number of nitrogens with zero attached hydrogens (tertiary/aromatic N) is 5. The van der Waals surface area contributed by atoms with Crippen molar-refractivity contribution < 1.29 is 24.0 Å². The fraction of sp³-hybridized carbons (Fsp3) is 0.615. The number of aliphatic hydroxyl groups excluding tert-OH is 1. The lowest BCUT2D eigenvalue weighted by molar-refractivity contribution is -0.132. The van der Waals surface area contributed by atoms with E-state index in [1.807, 2.05) is 0 Å². The van der Waals surface area contributed by atoms with E-state index in [0.717, 1.165) is 4.90 Å². The van der Waals surface area contributed by atoms with Crippen LogP contribution in [0.25, 0.3) is 0 Å². The Bertz CT molecular complexity index is 661. The van der Waals surface area contributed by atoms with E-state index in [-0.39, 0.29) is 32.1 Å². The quantitative estimate of drug-likeness (QED) is 0.601. The van der Waals surface area contributed by atoms with Crippen molar-refractivity contribution in [3.8, 4) is 0 Å². The van der Waals surface area contributed by atoms with Gasteiger partial charge in [-0.2, -0.15) is 4.98 Å². The minimum atomic E-state index is -0.788. The van der Waals surface area contributed by atoms with Gasteiger partial charge in [-0.1, -0.05) is 0 Å². The van der Waals surface area contributed by atoms with E-state index in [0.29, 0.717) is 24.9 Å². The molecule has 0 spiro atoms. The number of aryl methyl sites for hydroxylation is 1. The van der Waals surface area contributed by atoms with Crippen molar-refractivity contribution in [2.24, 2.45) is 0 Å². The molecule has 0 saturated carbocycles. The Balaban J connectivity index is 1.61. The lowest BCUT2D eigenvalue weighted by Gasteiger charge is -2.23. The Morgan fingerprint density at radius 2 is 2.17 bits per heavy atom. The Morgan fingerprint density at radius 1 is 1.38 bits per heavy atom. The predicted molar refractivity (Wildman–Crippen MR) is 78.9 cm³/mol. The summed E-state index contributed by atoms with van der Waals surface area (Å²) >= 11 is 0. The van der Waals surface area contributed by atoms with Crippen LogP contribution in [0.15, 0.2) is 4.52 Å². The molecule has 0 bridgehead atoms. The zero-order chi connectivity index (χ0) is 17.3. The van der Waals surface area contributed by atoms with Gasteiger partial charge in [-0.15, -0.1) is 0 Å². The number of hydrogen-bond donors (Lipinski definition) is 2. The number of β-amino-alcohol motifs (C(OH)–C–C–N with tert-alkyl or cyclic N) is 1. The molecular weight excluding hydrogens is 320 g/mol. The van der Waals surface area contributed by atoms with Crippen LogP contribution in [0, 0.1) is 6.92 Å². The molecule has 11 nitrogen and oxygen atoms in total. The predicted octanol–water partition coefficient (Wildman–Crippen LogP) is -2.06. The van der Waals surface area contributed by atoms with Crippen LogP contribution in [0.2, 0.25) is 0 Å². The van der Waals surface area contributed by atoms with E-state index in [4.69, 9.17) is 4.52 Å². The van der Waals surface area contributed by atoms with Gasteiger partial charge in [-0.25, -0.2) is 4.79 Å². The highest BCUT2D eigenvalue weighted by Crippen LogP contribution is 2.13. The highest BCUT2D eigenvalue weighted by molar-refractivity contribution is 6.03. The molecule has 0 aliphatic carbocycles. The highest BCUT2D eigenvalue weighted by Gasteiger charge is 2.32. The van der Waals surface area contributed by atoms with Gasteiger partial charge in [0.2, 0.25) is 17.7 Å². The Hall–Kier alpha value is -2.69. The number of amides is 4. The molecule has 0 radical (unpaired) electrons. The number of hydrogen-bond acceptors (Lipinski definition) is 8. The van der Waals surface area contributed by atoms with E-state index >= 15 is 0 Å². The van der Waals surface area contributed by atoms with Crippen LogP contribution in [0.5, 0.6) is 0 Å². The van der Waals surface area contributed by atoms with Crippen molar-refractivity contribution in [3.63, 3.8) is 0 Å². The van der Waals surface area contributed by atoms with Crippen molar-refractivity contribution in [2.45, 2.75) is 13.0 Å². The number of rotatable bonds is 3. The first-order valence-corrected chi connectivity index (χ1v) is 7.52. The monoisotopic (exact) mass is 338 g/mol. The third kappa shape index (κ3) is 3.45. The van der Waals surface area contributed by atoms with Gasteiger partial charge >= 0.3 is 6.03 Å². The van der Waals surface area contributed by atoms with E-state index in [2.05, 4.69) is 15.5 Å². The first-order chi connectivity index (χ1) is 11.4. The SMILES string of the molecule is Cc1nc(N2CCN(C(=O)CN3CC(=O)NC3=O)C[C@H](O)C2)no1. The Morgan fingerprint density at radius 3 is 2.79 bits per heavy atom. The molecule has 1 aromatic rings. The van der Waals surface area contributed by atoms with Gasteiger partial charge in [0.1, 0.15) is 13.1 Å². The molecule has 1 atom stereocenters. The molecule has 4 amide bonds. The molecule has 2 aliphatic rings. The number of carbonyl (C=O) groups excluding carboxylic acids is 3. The summed E-state index contributed by atoms with van der Waals surface area (Å²) < 4.78 is 4.93. The van der Waals surface area contributed by atoms with Gasteiger partial charge in [-0.05, 0) is 5.16 Å². The topological polar surface area (TPSA) is 132 Å². The second kappa shape index (κ2) is 6.43. The van der Waals surface area contributed by atoms with Gasteiger partial charge < -0.3 is 24.3 Å². The van der Waals surface area contributed by atoms with E-state index in [1.165, 1.54) is 4.90 Å². The maximum Gasteiger partial charge on any atom is 0.325 e. The molecular formula is C13H18N6O5. The van der Waals surface area contributed by atoms with Gasteiger partial charge in [-0.3, -0.25) is 14.9 Å². The number of anilines is 1. The molecule has 3 rings (SSSR count). The highest BCUT2D eigenvalue weighted by atomic mass is 16.5. The maximum atomic E-state index is 12.4. The zero-order valence-electron chi connectivity index (χ0n) is 13.1. The molecule has 2 fully saturated rings. The molecule has 2 N–H and O–H groups in total.